The third-order valence-corrected chi connectivity index (χ3v) is 2.66. The number of allylic oxidation sites excluding steroid dienone is 2. The Kier molecular flexibility index (Phi) is 3.00. The molecule has 0 bridgehead atoms. The van der Waals surface area contributed by atoms with Gasteiger partial charge in [-0.05, 0) is 38.5 Å². The van der Waals surface area contributed by atoms with Gasteiger partial charge in [-0.15, -0.1) is 0 Å². The lowest BCUT2D eigenvalue weighted by atomic mass is 10.2. The van der Waals surface area contributed by atoms with Crippen molar-refractivity contribution in [1.29, 1.82) is 0 Å². The molecule has 84 valence electrons. The Hall–Kier alpha value is -1.70. The minimum atomic E-state index is 0.379. The smallest absolute Gasteiger partial charge is 0.145 e. The summed E-state index contributed by atoms with van der Waals surface area (Å²) in [5.74, 6) is 1.81. The summed E-state index contributed by atoms with van der Waals surface area (Å²) >= 11 is 0. The van der Waals surface area contributed by atoms with Crippen LogP contribution in [0.5, 0.6) is 5.75 Å². The lowest BCUT2D eigenvalue weighted by Crippen LogP contribution is -2.26. The maximum absolute atomic E-state index is 5.88. The Morgan fingerprint density at radius 1 is 1.19 bits per heavy atom. The van der Waals surface area contributed by atoms with E-state index in [1.165, 1.54) is 0 Å². The fraction of sp³-hybridized carbons (Fsp3) is 0.286. The second-order valence-electron chi connectivity index (χ2n) is 4.15. The van der Waals surface area contributed by atoms with Crippen molar-refractivity contribution in [3.63, 3.8) is 0 Å². The van der Waals surface area contributed by atoms with E-state index in [0.717, 1.165) is 22.8 Å². The highest BCUT2D eigenvalue weighted by atomic mass is 16.5. The highest BCUT2D eigenvalue weighted by Gasteiger charge is 2.10. The predicted octanol–water partition coefficient (Wildman–Crippen LogP) is 3.15. The molecule has 2 rings (SSSR count). The lowest BCUT2D eigenvalue weighted by Gasteiger charge is -2.20. The molecule has 1 aliphatic heterocycles. The van der Waals surface area contributed by atoms with E-state index in [9.17, 15) is 0 Å². The topological polar surface area (TPSA) is 21.3 Å². The minimum absolute atomic E-state index is 0.379. The summed E-state index contributed by atoms with van der Waals surface area (Å²) < 4.78 is 5.88. The standard InChI is InChI=1S/C14H17NO/c1-10-6-4-5-7-13(10)16-14-9-8-11(2)15-12(14)3/h4-9,11,15H,1-3H3. The molecule has 0 spiro atoms. The van der Waals surface area contributed by atoms with Gasteiger partial charge in [-0.25, -0.2) is 0 Å². The van der Waals surface area contributed by atoms with Crippen LogP contribution in [0.15, 0.2) is 47.9 Å². The lowest BCUT2D eigenvalue weighted by molar-refractivity contribution is 0.422. The van der Waals surface area contributed by atoms with E-state index in [1.807, 2.05) is 44.2 Å². The number of benzene rings is 1. The monoisotopic (exact) mass is 215 g/mol. The molecule has 16 heavy (non-hydrogen) atoms. The van der Waals surface area contributed by atoms with E-state index in [0.29, 0.717) is 6.04 Å². The maximum Gasteiger partial charge on any atom is 0.145 e. The molecule has 0 amide bonds. The van der Waals surface area contributed by atoms with Gasteiger partial charge in [0, 0.05) is 6.04 Å². The Morgan fingerprint density at radius 3 is 2.62 bits per heavy atom. The number of para-hydroxylation sites is 1. The van der Waals surface area contributed by atoms with Crippen LogP contribution in [0.25, 0.3) is 0 Å². The minimum Gasteiger partial charge on any atom is -0.455 e. The van der Waals surface area contributed by atoms with E-state index >= 15 is 0 Å². The summed E-state index contributed by atoms with van der Waals surface area (Å²) in [7, 11) is 0. The maximum atomic E-state index is 5.88. The first-order valence-electron chi connectivity index (χ1n) is 5.56. The van der Waals surface area contributed by atoms with Crippen molar-refractivity contribution >= 4 is 0 Å². The van der Waals surface area contributed by atoms with E-state index in [2.05, 4.69) is 18.3 Å². The molecule has 0 fully saturated rings. The van der Waals surface area contributed by atoms with Crippen molar-refractivity contribution in [3.8, 4) is 5.75 Å². The van der Waals surface area contributed by atoms with Crippen molar-refractivity contribution in [1.82, 2.24) is 5.32 Å². The average Bonchev–Trinajstić information content (AvgIpc) is 2.25. The zero-order valence-electron chi connectivity index (χ0n) is 9.95. The Labute approximate surface area is 96.6 Å². The zero-order valence-corrected chi connectivity index (χ0v) is 9.95. The first-order chi connectivity index (χ1) is 7.66. The molecule has 1 aliphatic rings. The van der Waals surface area contributed by atoms with Gasteiger partial charge in [0.2, 0.25) is 0 Å². The molecular weight excluding hydrogens is 198 g/mol. The van der Waals surface area contributed by atoms with Gasteiger partial charge in [0.15, 0.2) is 0 Å². The van der Waals surface area contributed by atoms with Crippen LogP contribution in [0.3, 0.4) is 0 Å². The van der Waals surface area contributed by atoms with Crippen LogP contribution in [-0.2, 0) is 0 Å². The zero-order chi connectivity index (χ0) is 11.5. The second kappa shape index (κ2) is 4.44. The number of hydrogen-bond acceptors (Lipinski definition) is 2. The molecule has 0 aliphatic carbocycles. The average molecular weight is 215 g/mol. The molecule has 1 atom stereocenters. The van der Waals surface area contributed by atoms with E-state index in [-0.39, 0.29) is 0 Å². The van der Waals surface area contributed by atoms with Gasteiger partial charge < -0.3 is 10.1 Å². The van der Waals surface area contributed by atoms with E-state index in [1.54, 1.807) is 0 Å². The summed E-state index contributed by atoms with van der Waals surface area (Å²) in [6.07, 6.45) is 4.13. The van der Waals surface area contributed by atoms with Gasteiger partial charge in [-0.3, -0.25) is 0 Å². The van der Waals surface area contributed by atoms with Gasteiger partial charge in [0.1, 0.15) is 11.5 Å². The van der Waals surface area contributed by atoms with Crippen molar-refractivity contribution in [3.05, 3.63) is 53.4 Å². The summed E-state index contributed by atoms with van der Waals surface area (Å²) in [6.45, 7) is 6.20. The molecule has 1 N–H and O–H groups in total. The number of aryl methyl sites for hydroxylation is 1. The largest absolute Gasteiger partial charge is 0.455 e. The third kappa shape index (κ3) is 2.27. The number of hydrogen-bond donors (Lipinski definition) is 1. The summed E-state index contributed by atoms with van der Waals surface area (Å²) in [5, 5.41) is 3.34. The molecule has 1 heterocycles. The quantitative estimate of drug-likeness (QED) is 0.818. The summed E-state index contributed by atoms with van der Waals surface area (Å²) in [4.78, 5) is 0. The van der Waals surface area contributed by atoms with E-state index in [4.69, 9.17) is 4.74 Å². The highest BCUT2D eigenvalue weighted by Crippen LogP contribution is 2.22. The Balaban J connectivity index is 2.20. The molecule has 0 saturated heterocycles. The van der Waals surface area contributed by atoms with Crippen LogP contribution in [0.1, 0.15) is 19.4 Å². The van der Waals surface area contributed by atoms with Crippen LogP contribution in [0.4, 0.5) is 0 Å². The molecule has 0 aromatic heterocycles. The molecule has 2 heteroatoms. The number of rotatable bonds is 2. The third-order valence-electron chi connectivity index (χ3n) is 2.66. The number of nitrogens with one attached hydrogen (secondary N) is 1. The predicted molar refractivity (Wildman–Crippen MR) is 66.2 cm³/mol. The normalized spacial score (nSPS) is 19.6. The van der Waals surface area contributed by atoms with Gasteiger partial charge in [0.25, 0.3) is 0 Å². The van der Waals surface area contributed by atoms with Gasteiger partial charge >= 0.3 is 0 Å². The first-order valence-corrected chi connectivity index (χ1v) is 5.56. The van der Waals surface area contributed by atoms with Crippen LogP contribution < -0.4 is 10.1 Å². The van der Waals surface area contributed by atoms with Crippen molar-refractivity contribution in [2.75, 3.05) is 0 Å². The van der Waals surface area contributed by atoms with Gasteiger partial charge in [0.05, 0.1) is 5.70 Å². The molecule has 0 radical (unpaired) electrons. The molecule has 0 saturated carbocycles. The van der Waals surface area contributed by atoms with E-state index < -0.39 is 0 Å². The van der Waals surface area contributed by atoms with Crippen molar-refractivity contribution < 1.29 is 4.74 Å². The highest BCUT2D eigenvalue weighted by molar-refractivity contribution is 5.36. The molecule has 1 aromatic carbocycles. The Bertz CT molecular complexity index is 446. The summed E-state index contributed by atoms with van der Waals surface area (Å²) in [5.41, 5.74) is 2.23. The molecule has 1 aromatic rings. The molecular formula is C14H17NO. The number of dihydropyridines is 1. The van der Waals surface area contributed by atoms with Crippen LogP contribution in [0, 0.1) is 6.92 Å². The molecule has 1 unspecified atom stereocenters. The van der Waals surface area contributed by atoms with Crippen molar-refractivity contribution in [2.45, 2.75) is 26.8 Å². The van der Waals surface area contributed by atoms with Crippen molar-refractivity contribution in [2.24, 2.45) is 0 Å². The fourth-order valence-electron chi connectivity index (χ4n) is 1.72. The summed E-state index contributed by atoms with van der Waals surface area (Å²) in [6, 6.07) is 8.42. The molecule has 2 nitrogen and oxygen atoms in total. The van der Waals surface area contributed by atoms with Gasteiger partial charge in [-0.2, -0.15) is 0 Å². The second-order valence-corrected chi connectivity index (χ2v) is 4.15. The van der Waals surface area contributed by atoms with Gasteiger partial charge in [-0.1, -0.05) is 24.3 Å². The van der Waals surface area contributed by atoms with Crippen LogP contribution >= 0.6 is 0 Å². The van der Waals surface area contributed by atoms with Crippen LogP contribution in [-0.4, -0.2) is 6.04 Å². The Morgan fingerprint density at radius 2 is 1.94 bits per heavy atom. The first kappa shape index (κ1) is 10.8. The SMILES string of the molecule is CC1=C(Oc2ccccc2C)C=CC(C)N1. The fourth-order valence-corrected chi connectivity index (χ4v) is 1.72. The van der Waals surface area contributed by atoms with Crippen LogP contribution in [0.2, 0.25) is 0 Å². The number of ether oxygens (including phenoxy) is 1.